The number of hydrogen-bond donors (Lipinski definition) is 1. The van der Waals surface area contributed by atoms with Gasteiger partial charge in [-0.2, -0.15) is 4.37 Å². The van der Waals surface area contributed by atoms with Gasteiger partial charge in [0.2, 0.25) is 5.13 Å². The van der Waals surface area contributed by atoms with Crippen LogP contribution in [0.5, 0.6) is 0 Å². The van der Waals surface area contributed by atoms with E-state index < -0.39 is 0 Å². The molecule has 0 fully saturated rings. The van der Waals surface area contributed by atoms with Crippen LogP contribution in [0.2, 0.25) is 0 Å². The summed E-state index contributed by atoms with van der Waals surface area (Å²) in [5, 5.41) is 12.4. The fraction of sp³-hybridized carbons (Fsp3) is 0.231. The third kappa shape index (κ3) is 2.67. The number of nitrogens with zero attached hydrogens (tertiary/aromatic N) is 5. The molecule has 3 rings (SSSR count). The Morgan fingerprint density at radius 1 is 1.25 bits per heavy atom. The SMILES string of the molecule is Cc1nsc(NC(C)c2cn(-c3ccccc3)nn2)n1. The van der Waals surface area contributed by atoms with Crippen LogP contribution in [0.4, 0.5) is 5.13 Å². The first-order chi connectivity index (χ1) is 9.72. The summed E-state index contributed by atoms with van der Waals surface area (Å²) in [4.78, 5) is 4.28. The van der Waals surface area contributed by atoms with Gasteiger partial charge >= 0.3 is 0 Å². The van der Waals surface area contributed by atoms with E-state index in [9.17, 15) is 0 Å². The summed E-state index contributed by atoms with van der Waals surface area (Å²) in [6.45, 7) is 3.90. The lowest BCUT2D eigenvalue weighted by molar-refractivity contribution is 0.780. The first-order valence-corrected chi connectivity index (χ1v) is 7.04. The van der Waals surface area contributed by atoms with Crippen molar-refractivity contribution < 1.29 is 0 Å². The van der Waals surface area contributed by atoms with Crippen molar-refractivity contribution >= 4 is 16.7 Å². The largest absolute Gasteiger partial charge is 0.352 e. The molecule has 0 saturated carbocycles. The van der Waals surface area contributed by atoms with E-state index in [0.29, 0.717) is 0 Å². The maximum absolute atomic E-state index is 4.28. The van der Waals surface area contributed by atoms with Crippen LogP contribution in [0.25, 0.3) is 5.69 Å². The molecule has 7 heteroatoms. The van der Waals surface area contributed by atoms with Gasteiger partial charge in [0.05, 0.1) is 17.9 Å². The van der Waals surface area contributed by atoms with Crippen molar-refractivity contribution in [3.05, 3.63) is 48.0 Å². The number of nitrogens with one attached hydrogen (secondary N) is 1. The van der Waals surface area contributed by atoms with Crippen LogP contribution in [0.3, 0.4) is 0 Å². The van der Waals surface area contributed by atoms with Crippen molar-refractivity contribution in [3.63, 3.8) is 0 Å². The highest BCUT2D eigenvalue weighted by Crippen LogP contribution is 2.19. The van der Waals surface area contributed by atoms with Gasteiger partial charge in [0.25, 0.3) is 0 Å². The molecule has 20 heavy (non-hydrogen) atoms. The van der Waals surface area contributed by atoms with Crippen molar-refractivity contribution in [3.8, 4) is 5.69 Å². The molecule has 0 aliphatic rings. The maximum Gasteiger partial charge on any atom is 0.203 e. The predicted molar refractivity (Wildman–Crippen MR) is 78.0 cm³/mol. The number of aryl methyl sites for hydroxylation is 1. The van der Waals surface area contributed by atoms with Crippen LogP contribution in [-0.4, -0.2) is 24.4 Å². The van der Waals surface area contributed by atoms with Crippen LogP contribution < -0.4 is 5.32 Å². The molecule has 6 nitrogen and oxygen atoms in total. The summed E-state index contributed by atoms with van der Waals surface area (Å²) in [5.74, 6) is 0.776. The van der Waals surface area contributed by atoms with Crippen molar-refractivity contribution in [2.75, 3.05) is 5.32 Å². The summed E-state index contributed by atoms with van der Waals surface area (Å²) < 4.78 is 5.91. The quantitative estimate of drug-likeness (QED) is 0.798. The Labute approximate surface area is 120 Å². The van der Waals surface area contributed by atoms with E-state index in [1.807, 2.05) is 50.4 Å². The molecule has 3 aromatic rings. The molecule has 1 aromatic carbocycles. The lowest BCUT2D eigenvalue weighted by Crippen LogP contribution is -2.06. The van der Waals surface area contributed by atoms with E-state index in [0.717, 1.165) is 22.3 Å². The Morgan fingerprint density at radius 2 is 2.05 bits per heavy atom. The molecule has 0 bridgehead atoms. The maximum atomic E-state index is 4.28. The van der Waals surface area contributed by atoms with Gasteiger partial charge in [-0.15, -0.1) is 5.10 Å². The zero-order valence-corrected chi connectivity index (χ0v) is 12.0. The Morgan fingerprint density at radius 3 is 2.75 bits per heavy atom. The Kier molecular flexibility index (Phi) is 3.42. The molecule has 1 N–H and O–H groups in total. The number of rotatable bonds is 4. The van der Waals surface area contributed by atoms with E-state index >= 15 is 0 Å². The third-order valence-corrected chi connectivity index (χ3v) is 3.58. The van der Waals surface area contributed by atoms with Gasteiger partial charge in [-0.1, -0.05) is 23.4 Å². The molecule has 0 spiro atoms. The lowest BCUT2D eigenvalue weighted by Gasteiger charge is -2.08. The first-order valence-electron chi connectivity index (χ1n) is 6.27. The Hall–Kier alpha value is -2.28. The average Bonchev–Trinajstić information content (AvgIpc) is 3.09. The second-order valence-electron chi connectivity index (χ2n) is 4.44. The second kappa shape index (κ2) is 5.38. The van der Waals surface area contributed by atoms with Gasteiger partial charge in [0, 0.05) is 11.5 Å². The minimum atomic E-state index is 0.0276. The van der Waals surface area contributed by atoms with Gasteiger partial charge in [-0.25, -0.2) is 9.67 Å². The normalized spacial score (nSPS) is 12.3. The lowest BCUT2D eigenvalue weighted by atomic mass is 10.2. The minimum Gasteiger partial charge on any atom is -0.352 e. The fourth-order valence-electron chi connectivity index (χ4n) is 1.80. The fourth-order valence-corrected chi connectivity index (χ4v) is 2.46. The van der Waals surface area contributed by atoms with Crippen molar-refractivity contribution in [2.45, 2.75) is 19.9 Å². The molecule has 0 aliphatic heterocycles. The van der Waals surface area contributed by atoms with Crippen LogP contribution >= 0.6 is 11.5 Å². The summed E-state index contributed by atoms with van der Waals surface area (Å²) in [7, 11) is 0. The van der Waals surface area contributed by atoms with E-state index in [2.05, 4.69) is 25.0 Å². The van der Waals surface area contributed by atoms with Crippen molar-refractivity contribution in [1.82, 2.24) is 24.4 Å². The Balaban J connectivity index is 1.76. The average molecular weight is 286 g/mol. The molecular formula is C13H14N6S. The molecule has 1 unspecified atom stereocenters. The monoisotopic (exact) mass is 286 g/mol. The third-order valence-electron chi connectivity index (χ3n) is 2.84. The highest BCUT2D eigenvalue weighted by atomic mass is 32.1. The molecular weight excluding hydrogens is 272 g/mol. The molecule has 0 amide bonds. The van der Waals surface area contributed by atoms with Crippen LogP contribution in [0.15, 0.2) is 36.5 Å². The highest BCUT2D eigenvalue weighted by molar-refractivity contribution is 7.09. The summed E-state index contributed by atoms with van der Waals surface area (Å²) in [6, 6.07) is 9.93. The molecule has 2 heterocycles. The number of anilines is 1. The van der Waals surface area contributed by atoms with Gasteiger partial charge in [-0.05, 0) is 26.0 Å². The number of benzene rings is 1. The molecule has 0 radical (unpaired) electrons. The predicted octanol–water partition coefficient (Wildman–Crippen LogP) is 2.60. The zero-order valence-electron chi connectivity index (χ0n) is 11.2. The number of para-hydroxylation sites is 1. The molecule has 0 saturated heterocycles. The molecule has 2 aromatic heterocycles. The number of hydrogen-bond acceptors (Lipinski definition) is 6. The molecule has 102 valence electrons. The minimum absolute atomic E-state index is 0.0276. The second-order valence-corrected chi connectivity index (χ2v) is 5.19. The highest BCUT2D eigenvalue weighted by Gasteiger charge is 2.12. The summed E-state index contributed by atoms with van der Waals surface area (Å²) in [6.07, 6.45) is 1.92. The standard InChI is InChI=1S/C13H14N6S/c1-9(14-13-15-10(2)17-20-13)12-8-19(18-16-12)11-6-4-3-5-7-11/h3-9H,1-2H3,(H,14,15,17). The van der Waals surface area contributed by atoms with Crippen LogP contribution in [0.1, 0.15) is 24.5 Å². The number of aromatic nitrogens is 5. The van der Waals surface area contributed by atoms with Crippen molar-refractivity contribution in [2.24, 2.45) is 0 Å². The Bertz CT molecular complexity index is 690. The van der Waals surface area contributed by atoms with E-state index in [-0.39, 0.29) is 6.04 Å². The van der Waals surface area contributed by atoms with Crippen LogP contribution in [0, 0.1) is 6.92 Å². The molecule has 0 aliphatic carbocycles. The van der Waals surface area contributed by atoms with Gasteiger partial charge < -0.3 is 5.32 Å². The topological polar surface area (TPSA) is 68.5 Å². The summed E-state index contributed by atoms with van der Waals surface area (Å²) >= 11 is 1.35. The van der Waals surface area contributed by atoms with Gasteiger partial charge in [0.15, 0.2) is 0 Å². The smallest absolute Gasteiger partial charge is 0.203 e. The van der Waals surface area contributed by atoms with Gasteiger partial charge in [-0.3, -0.25) is 0 Å². The first kappa shape index (κ1) is 12.7. The zero-order chi connectivity index (χ0) is 13.9. The van der Waals surface area contributed by atoms with Crippen molar-refractivity contribution in [1.29, 1.82) is 0 Å². The summed E-state index contributed by atoms with van der Waals surface area (Å²) in [5.41, 5.74) is 1.85. The van der Waals surface area contributed by atoms with E-state index in [1.165, 1.54) is 11.5 Å². The van der Waals surface area contributed by atoms with Crippen LogP contribution in [-0.2, 0) is 0 Å². The van der Waals surface area contributed by atoms with E-state index in [4.69, 9.17) is 0 Å². The molecule has 1 atom stereocenters. The van der Waals surface area contributed by atoms with Gasteiger partial charge in [0.1, 0.15) is 11.5 Å². The van der Waals surface area contributed by atoms with E-state index in [1.54, 1.807) is 4.68 Å².